The summed E-state index contributed by atoms with van der Waals surface area (Å²) in [4.78, 5) is 84.7. The number of ether oxygens (including phenoxy) is 5. The maximum atomic E-state index is 12.6. The molecule has 0 aromatic carbocycles. The summed E-state index contributed by atoms with van der Waals surface area (Å²) in [6.45, 7) is 31.9. The number of rotatable bonds is 15. The molecule has 6 unspecified atom stereocenters. The van der Waals surface area contributed by atoms with Gasteiger partial charge in [0.25, 0.3) is 0 Å². The van der Waals surface area contributed by atoms with Gasteiger partial charge in [0.1, 0.15) is 11.2 Å². The molecule has 3 heterocycles. The van der Waals surface area contributed by atoms with Gasteiger partial charge in [-0.1, -0.05) is 136 Å². The van der Waals surface area contributed by atoms with Gasteiger partial charge in [0, 0.05) is 35.5 Å². The van der Waals surface area contributed by atoms with Crippen molar-refractivity contribution in [2.45, 2.75) is 354 Å². The summed E-state index contributed by atoms with van der Waals surface area (Å²) in [6.07, 6.45) is 20.2. The summed E-state index contributed by atoms with van der Waals surface area (Å²) in [5, 5.41) is 10.6. The summed E-state index contributed by atoms with van der Waals surface area (Å²) in [7, 11) is 0. The smallest absolute Gasteiger partial charge is 0.347 e. The minimum absolute atomic E-state index is 0. The average molecular weight is 1350 g/mol. The molecule has 3 aliphatic heterocycles. The van der Waals surface area contributed by atoms with Crippen LogP contribution in [0.25, 0.3) is 0 Å². The van der Waals surface area contributed by atoms with Crippen molar-refractivity contribution in [1.82, 2.24) is 4.90 Å². The van der Waals surface area contributed by atoms with Gasteiger partial charge in [-0.3, -0.25) is 33.7 Å². The minimum atomic E-state index is -0.687. The fourth-order valence-electron chi connectivity index (χ4n) is 14.5. The first-order valence-electron chi connectivity index (χ1n) is 32.0. The molecule has 12 aliphatic rings. The molecule has 0 radical (unpaired) electrons. The van der Waals surface area contributed by atoms with Crippen LogP contribution in [0.3, 0.4) is 0 Å². The lowest BCUT2D eigenvalue weighted by molar-refractivity contribution is -0.225. The number of cyclic esters (lactones) is 1. The molecule has 12 rings (SSSR count). The van der Waals surface area contributed by atoms with Crippen molar-refractivity contribution in [3.05, 3.63) is 0 Å². The summed E-state index contributed by atoms with van der Waals surface area (Å²) >= 11 is 3.62. The Labute approximate surface area is 576 Å². The largest absolute Gasteiger partial charge is 0.463 e. The second-order valence-electron chi connectivity index (χ2n) is 29.7. The van der Waals surface area contributed by atoms with Crippen LogP contribution in [0.4, 0.5) is 0 Å². The molecule has 14 nitrogen and oxygen atoms in total. The van der Waals surface area contributed by atoms with Crippen molar-refractivity contribution < 1.29 is 62.4 Å². The molecule has 2 amide bonds. The van der Waals surface area contributed by atoms with E-state index in [9.17, 15) is 38.7 Å². The van der Waals surface area contributed by atoms with Crippen LogP contribution in [0, 0.1) is 68.5 Å². The molecule has 0 spiro atoms. The van der Waals surface area contributed by atoms with Gasteiger partial charge in [-0.05, 0) is 206 Å². The Balaban J connectivity index is -0.000000336. The van der Waals surface area contributed by atoms with Crippen molar-refractivity contribution >= 4 is 65.2 Å². The van der Waals surface area contributed by atoms with Crippen molar-refractivity contribution in [2.24, 2.45) is 68.5 Å². The molecule has 0 aromatic heterocycles. The zero-order chi connectivity index (χ0) is 61.0. The lowest BCUT2D eigenvalue weighted by Crippen LogP contribution is -2.63. The molecule has 9 saturated carbocycles. The van der Waals surface area contributed by atoms with Crippen LogP contribution in [0.15, 0.2) is 0 Å². The first-order valence-corrected chi connectivity index (χ1v) is 34.2. The van der Waals surface area contributed by atoms with E-state index in [1.807, 2.05) is 94.8 Å². The van der Waals surface area contributed by atoms with Gasteiger partial charge in [-0.25, -0.2) is 4.79 Å². The highest BCUT2D eigenvalue weighted by Gasteiger charge is 2.61. The van der Waals surface area contributed by atoms with Gasteiger partial charge in [0.05, 0.1) is 45.8 Å². The average Bonchev–Trinajstić information content (AvgIpc) is 0.794. The van der Waals surface area contributed by atoms with E-state index < -0.39 is 28.5 Å². The summed E-state index contributed by atoms with van der Waals surface area (Å²) in [6, 6.07) is 0.232. The molecule has 92 heavy (non-hydrogen) atoms. The second-order valence-corrected chi connectivity index (χ2v) is 32.1. The summed E-state index contributed by atoms with van der Waals surface area (Å²) < 4.78 is 27.5. The number of carbonyl (C=O) groups is 7. The third kappa shape index (κ3) is 22.6. The Morgan fingerprint density at radius 1 is 0.543 bits per heavy atom. The second kappa shape index (κ2) is 38.9. The SMILES string of the molecule is C.C.C.C.C.C.C.C.C.C.CCC(C)(C)C(=O)N1C(=O)C2CCCC21.CCC(C)(C)C(=O)OC1(CC)C2CC3CC(C2)CC1C3.CCC(C)(C)C(=O)OC12CC3CC(CC(O)(C3)C1)C2.CCC(C)(C)C(=O)OC1CCOC1=O.CCC(C)(C)C(=O)OC1CSCCS1. The number of carbonyl (C=O) groups excluding carboxylic acids is 7. The normalized spacial score (nSPS) is 30.2. The number of imide groups is 1. The third-order valence-electron chi connectivity index (χ3n) is 21.6. The number of hydrogen-bond acceptors (Lipinski definition) is 15. The number of β-lactam (4-membered cyclic amide) rings is 1. The molecule has 8 bridgehead atoms. The van der Waals surface area contributed by atoms with Crippen LogP contribution in [-0.4, -0.2) is 110 Å². The highest BCUT2D eigenvalue weighted by Crippen LogP contribution is 2.62. The zero-order valence-electron chi connectivity index (χ0n) is 53.6. The van der Waals surface area contributed by atoms with Crippen LogP contribution in [0.5, 0.6) is 0 Å². The first-order chi connectivity index (χ1) is 38.2. The van der Waals surface area contributed by atoms with E-state index in [4.69, 9.17) is 23.7 Å². The van der Waals surface area contributed by atoms with Crippen LogP contribution >= 0.6 is 23.5 Å². The summed E-state index contributed by atoms with van der Waals surface area (Å²) in [5.41, 5.74) is -2.95. The Kier molecular flexibility index (Phi) is 41.4. The van der Waals surface area contributed by atoms with E-state index >= 15 is 0 Å². The molecule has 1 N–H and O–H groups in total. The van der Waals surface area contributed by atoms with Crippen LogP contribution < -0.4 is 0 Å². The quantitative estimate of drug-likeness (QED) is 0.0925. The van der Waals surface area contributed by atoms with Crippen LogP contribution in [-0.2, 0) is 57.2 Å². The minimum Gasteiger partial charge on any atom is -0.463 e. The van der Waals surface area contributed by atoms with E-state index in [-0.39, 0.29) is 155 Å². The lowest BCUT2D eigenvalue weighted by Gasteiger charge is -2.60. The number of hydrogen-bond donors (Lipinski definition) is 1. The van der Waals surface area contributed by atoms with Gasteiger partial charge in [-0.15, -0.1) is 11.8 Å². The number of aliphatic hydroxyl groups is 1. The third-order valence-corrected chi connectivity index (χ3v) is 24.2. The predicted molar refractivity (Wildman–Crippen MR) is 390 cm³/mol. The molecule has 12 fully saturated rings. The molecule has 548 valence electrons. The molecule has 6 atom stereocenters. The first kappa shape index (κ1) is 97.8. The zero-order valence-corrected chi connectivity index (χ0v) is 55.2. The van der Waals surface area contributed by atoms with Crippen molar-refractivity contribution in [1.29, 1.82) is 0 Å². The van der Waals surface area contributed by atoms with Gasteiger partial charge in [0.15, 0.2) is 5.44 Å². The standard InChI is InChI=1S/C18H30O2.C16H26O3.C12H19NO2.C10H16O4.C10H18O2S2.10CH4/c1-5-17(3,4)16(19)20-18(6-2)14-8-12-7-13(10-14)11-15(18)9-12;1-4-14(2,3)13(17)19-16-8-11-5-12(9-16)7-15(18,6-11)10-16;1-4-12(2,3)11(15)13-9-7-5-6-8(9)10(13)14;1-4-10(2,3)9(12)14-7-5-6-13-8(7)11;1-4-10(2,3)9(11)12-8-7-13-5-6-14-8;;;;;;;;;;/h12-15H,5-11H2,1-4H3;11-12,18H,4-10H2,1-3H3;8-9H,4-7H2,1-3H3;7H,4-6H2,1-3H3;8H,4-7H2,1-3H3;10*1H4. The Morgan fingerprint density at radius 2 is 0.978 bits per heavy atom. The summed E-state index contributed by atoms with van der Waals surface area (Å²) in [5.74, 6) is 6.87. The number of fused-ring (bicyclic) bond motifs is 1. The van der Waals surface area contributed by atoms with E-state index in [0.717, 1.165) is 100 Å². The maximum Gasteiger partial charge on any atom is 0.347 e. The number of esters is 5. The van der Waals surface area contributed by atoms with E-state index in [0.29, 0.717) is 49.5 Å². The number of nitrogens with zero attached hydrogens (tertiary/aromatic N) is 1. The van der Waals surface area contributed by atoms with Gasteiger partial charge >= 0.3 is 29.8 Å². The Morgan fingerprint density at radius 3 is 1.38 bits per heavy atom. The van der Waals surface area contributed by atoms with Crippen LogP contribution in [0.1, 0.15) is 320 Å². The predicted octanol–water partition coefficient (Wildman–Crippen LogP) is 20.0. The van der Waals surface area contributed by atoms with Gasteiger partial charge in [0.2, 0.25) is 17.9 Å². The molecular weight excluding hydrogens is 1200 g/mol. The Bertz CT molecular complexity index is 2230. The van der Waals surface area contributed by atoms with Gasteiger partial charge in [-0.2, -0.15) is 11.8 Å². The van der Waals surface area contributed by atoms with Crippen LogP contribution in [0.2, 0.25) is 0 Å². The monoisotopic (exact) mass is 1350 g/mol. The van der Waals surface area contributed by atoms with E-state index in [1.165, 1.54) is 49.2 Å². The van der Waals surface area contributed by atoms with E-state index in [1.54, 1.807) is 25.6 Å². The maximum absolute atomic E-state index is 12.6. The number of thioether (sulfide) groups is 2. The lowest BCUT2D eigenvalue weighted by atomic mass is 9.49. The number of amides is 2. The van der Waals surface area contributed by atoms with Crippen molar-refractivity contribution in [2.75, 3.05) is 23.9 Å². The number of likely N-dealkylation sites (tertiary alicyclic amines) is 1. The Hall–Kier alpha value is -2.85. The van der Waals surface area contributed by atoms with Crippen molar-refractivity contribution in [3.8, 4) is 0 Å². The fraction of sp³-hybridized carbons (Fsp3) is 0.908. The topological polar surface area (TPSA) is 189 Å². The molecule has 16 heteroatoms. The molecule has 0 aromatic rings. The molecular formula is C76H149NO13S2. The molecule has 3 saturated heterocycles. The highest BCUT2D eigenvalue weighted by atomic mass is 32.2. The van der Waals surface area contributed by atoms with Gasteiger partial charge < -0.3 is 28.8 Å². The highest BCUT2D eigenvalue weighted by molar-refractivity contribution is 8.06. The fourth-order valence-corrected chi connectivity index (χ4v) is 16.9. The van der Waals surface area contributed by atoms with E-state index in [2.05, 4.69) is 13.8 Å². The van der Waals surface area contributed by atoms with Crippen molar-refractivity contribution in [3.63, 3.8) is 0 Å². The molecule has 9 aliphatic carbocycles.